The molecule has 0 aliphatic rings. The zero-order valence-electron chi connectivity index (χ0n) is 7.39. The Balaban J connectivity index is 3.24. The molecule has 0 bridgehead atoms. The van der Waals surface area contributed by atoms with E-state index in [-0.39, 0.29) is 0 Å². The van der Waals surface area contributed by atoms with E-state index in [2.05, 4.69) is 0 Å². The number of hydrogen-bond donors (Lipinski definition) is 1. The van der Waals surface area contributed by atoms with Crippen LogP contribution in [0.1, 0.15) is 0 Å². The van der Waals surface area contributed by atoms with E-state index >= 15 is 0 Å². The van der Waals surface area contributed by atoms with E-state index in [1.807, 2.05) is 0 Å². The summed E-state index contributed by atoms with van der Waals surface area (Å²) in [5.41, 5.74) is -5.92. The molecule has 1 atom stereocenters. The maximum Gasteiger partial charge on any atom is 0.475 e. The van der Waals surface area contributed by atoms with Crippen molar-refractivity contribution in [1.82, 2.24) is 0 Å². The summed E-state index contributed by atoms with van der Waals surface area (Å²) in [5.74, 6) is -0.784. The van der Waals surface area contributed by atoms with Gasteiger partial charge in [-0.15, -0.1) is 0 Å². The molecule has 0 amide bonds. The highest BCUT2D eigenvalue weighted by molar-refractivity contribution is 7.86. The highest BCUT2D eigenvalue weighted by Gasteiger charge is 2.38. The lowest BCUT2D eigenvalue weighted by Gasteiger charge is -2.05. The van der Waals surface area contributed by atoms with Crippen molar-refractivity contribution in [2.24, 2.45) is 0 Å². The quantitative estimate of drug-likeness (QED) is 0.646. The predicted molar refractivity (Wildman–Crippen MR) is 47.2 cm³/mol. The van der Waals surface area contributed by atoms with Crippen molar-refractivity contribution >= 4 is 16.5 Å². The average Bonchev–Trinajstić information content (AvgIpc) is 2.15. The molecule has 1 rings (SSSR count). The number of rotatable bonds is 2. The third-order valence-electron chi connectivity index (χ3n) is 1.57. The molecule has 0 heterocycles. The smallest absolute Gasteiger partial charge is 0.475 e. The summed E-state index contributed by atoms with van der Waals surface area (Å²) in [6, 6.07) is 1.84. The van der Waals surface area contributed by atoms with Gasteiger partial charge in [0.25, 0.3) is 0 Å². The Bertz CT molecular complexity index is 459. The topological polar surface area (TPSA) is 80.4 Å². The Labute approximate surface area is 89.1 Å². The van der Waals surface area contributed by atoms with Crippen molar-refractivity contribution in [2.45, 2.75) is 10.4 Å². The number of benzene rings is 1. The molecule has 1 N–H and O–H groups in total. The SMILES string of the molecule is O=[N+]([O-])c1cc([S@](=O)C(F)(F)F)ccc1O. The largest absolute Gasteiger partial charge is 0.502 e. The number of phenols is 1. The molecule has 9 heteroatoms. The van der Waals surface area contributed by atoms with Crippen molar-refractivity contribution in [3.05, 3.63) is 28.3 Å². The second-order valence-electron chi connectivity index (χ2n) is 2.62. The summed E-state index contributed by atoms with van der Waals surface area (Å²) in [4.78, 5) is 8.47. The van der Waals surface area contributed by atoms with Crippen LogP contribution in [0.2, 0.25) is 0 Å². The Morgan fingerprint density at radius 1 is 1.38 bits per heavy atom. The number of nitro groups is 1. The molecule has 0 aliphatic heterocycles. The molecule has 1 aromatic rings. The minimum atomic E-state index is -5.00. The fourth-order valence-corrected chi connectivity index (χ4v) is 1.58. The molecule has 0 aromatic heterocycles. The van der Waals surface area contributed by atoms with Gasteiger partial charge >= 0.3 is 11.2 Å². The lowest BCUT2D eigenvalue weighted by atomic mass is 10.3. The fraction of sp³-hybridized carbons (Fsp3) is 0.143. The van der Waals surface area contributed by atoms with E-state index in [0.717, 1.165) is 0 Å². The summed E-state index contributed by atoms with van der Waals surface area (Å²) in [7, 11) is -3.35. The predicted octanol–water partition coefficient (Wildman–Crippen LogP) is 1.93. The van der Waals surface area contributed by atoms with Gasteiger partial charge in [-0.3, -0.25) is 10.1 Å². The van der Waals surface area contributed by atoms with Gasteiger partial charge in [-0.2, -0.15) is 13.2 Å². The van der Waals surface area contributed by atoms with E-state index in [1.165, 1.54) is 0 Å². The maximum atomic E-state index is 12.0. The molecule has 0 fully saturated rings. The van der Waals surface area contributed by atoms with Gasteiger partial charge in [0.15, 0.2) is 16.5 Å². The monoisotopic (exact) mass is 255 g/mol. The molecular weight excluding hydrogens is 251 g/mol. The van der Waals surface area contributed by atoms with Crippen LogP contribution in [0, 0.1) is 10.1 Å². The van der Waals surface area contributed by atoms with Gasteiger partial charge in [-0.1, -0.05) is 0 Å². The first-order chi connectivity index (χ1) is 7.23. The van der Waals surface area contributed by atoms with Crippen LogP contribution < -0.4 is 0 Å². The van der Waals surface area contributed by atoms with Gasteiger partial charge in [-0.05, 0) is 12.1 Å². The third kappa shape index (κ3) is 2.48. The van der Waals surface area contributed by atoms with Crippen LogP contribution in [0.25, 0.3) is 0 Å². The second-order valence-corrected chi connectivity index (χ2v) is 4.09. The zero-order chi connectivity index (χ0) is 12.5. The molecule has 16 heavy (non-hydrogen) atoms. The van der Waals surface area contributed by atoms with Gasteiger partial charge < -0.3 is 5.11 Å². The Kier molecular flexibility index (Phi) is 3.17. The fourth-order valence-electron chi connectivity index (χ4n) is 0.898. The Hall–Kier alpha value is -1.64. The summed E-state index contributed by atoms with van der Waals surface area (Å²) in [6.07, 6.45) is 0. The van der Waals surface area contributed by atoms with Crippen molar-refractivity contribution < 1.29 is 27.4 Å². The number of halogens is 3. The lowest BCUT2D eigenvalue weighted by molar-refractivity contribution is -0.386. The number of phenolic OH excluding ortho intramolecular Hbond substituents is 1. The van der Waals surface area contributed by atoms with Gasteiger partial charge in [0, 0.05) is 6.07 Å². The lowest BCUT2D eigenvalue weighted by Crippen LogP contribution is -2.16. The van der Waals surface area contributed by atoms with Crippen molar-refractivity contribution in [1.29, 1.82) is 0 Å². The van der Waals surface area contributed by atoms with E-state index < -0.39 is 37.6 Å². The Morgan fingerprint density at radius 3 is 2.38 bits per heavy atom. The molecule has 0 unspecified atom stereocenters. The molecule has 0 radical (unpaired) electrons. The van der Waals surface area contributed by atoms with Crippen molar-refractivity contribution in [3.63, 3.8) is 0 Å². The number of nitro benzene ring substituents is 1. The summed E-state index contributed by atoms with van der Waals surface area (Å²) >= 11 is 0. The normalized spacial score (nSPS) is 13.4. The summed E-state index contributed by atoms with van der Waals surface area (Å²) in [5, 5.41) is 19.3. The first kappa shape index (κ1) is 12.4. The van der Waals surface area contributed by atoms with Crippen LogP contribution in [-0.4, -0.2) is 19.7 Å². The average molecular weight is 255 g/mol. The van der Waals surface area contributed by atoms with Crippen molar-refractivity contribution in [3.8, 4) is 5.75 Å². The zero-order valence-corrected chi connectivity index (χ0v) is 8.21. The maximum absolute atomic E-state index is 12.0. The minimum Gasteiger partial charge on any atom is -0.502 e. The number of alkyl halides is 3. The number of nitrogens with zero attached hydrogens (tertiary/aromatic N) is 1. The van der Waals surface area contributed by atoms with Crippen LogP contribution in [0.4, 0.5) is 18.9 Å². The molecule has 0 saturated carbocycles. The van der Waals surface area contributed by atoms with Crippen LogP contribution in [0.3, 0.4) is 0 Å². The van der Waals surface area contributed by atoms with Gasteiger partial charge in [0.05, 0.1) is 9.82 Å². The van der Waals surface area contributed by atoms with Crippen LogP contribution in [-0.2, 0) is 10.8 Å². The first-order valence-electron chi connectivity index (χ1n) is 3.69. The molecule has 0 saturated heterocycles. The van der Waals surface area contributed by atoms with E-state index in [1.54, 1.807) is 0 Å². The number of hydrogen-bond acceptors (Lipinski definition) is 4. The van der Waals surface area contributed by atoms with Gasteiger partial charge in [0.1, 0.15) is 0 Å². The first-order valence-corrected chi connectivity index (χ1v) is 4.84. The molecule has 88 valence electrons. The van der Waals surface area contributed by atoms with Crippen molar-refractivity contribution in [2.75, 3.05) is 0 Å². The van der Waals surface area contributed by atoms with E-state index in [0.29, 0.717) is 18.2 Å². The van der Waals surface area contributed by atoms with Crippen LogP contribution >= 0.6 is 0 Å². The van der Waals surface area contributed by atoms with Crippen LogP contribution in [0.5, 0.6) is 5.75 Å². The summed E-state index contributed by atoms with van der Waals surface area (Å²) in [6.45, 7) is 0. The van der Waals surface area contributed by atoms with Gasteiger partial charge in [-0.25, -0.2) is 4.21 Å². The Morgan fingerprint density at radius 2 is 1.94 bits per heavy atom. The van der Waals surface area contributed by atoms with E-state index in [4.69, 9.17) is 5.11 Å². The highest BCUT2D eigenvalue weighted by atomic mass is 32.2. The highest BCUT2D eigenvalue weighted by Crippen LogP contribution is 2.32. The second kappa shape index (κ2) is 4.08. The molecule has 0 aliphatic carbocycles. The van der Waals surface area contributed by atoms with Crippen LogP contribution in [0.15, 0.2) is 23.1 Å². The molecule has 0 spiro atoms. The minimum absolute atomic E-state index is 0.429. The summed E-state index contributed by atoms with van der Waals surface area (Å²) < 4.78 is 46.9. The van der Waals surface area contributed by atoms with E-state index in [9.17, 15) is 27.5 Å². The molecular formula is C7H4F3NO4S. The third-order valence-corrected chi connectivity index (χ3v) is 2.67. The van der Waals surface area contributed by atoms with Gasteiger partial charge in [0.2, 0.25) is 0 Å². The molecule has 5 nitrogen and oxygen atoms in total. The molecule has 1 aromatic carbocycles. The number of aromatic hydroxyl groups is 1. The standard InChI is InChI=1S/C7H4F3NO4S/c8-7(9,10)16(15)4-1-2-6(12)5(3-4)11(13)14/h1-3,12H/t16-/m0/s1.